The quantitative estimate of drug-likeness (QED) is 0.906. The van der Waals surface area contributed by atoms with Gasteiger partial charge in [-0.05, 0) is 34.1 Å². The lowest BCUT2D eigenvalue weighted by Gasteiger charge is -2.07. The second kappa shape index (κ2) is 4.57. The van der Waals surface area contributed by atoms with E-state index in [4.69, 9.17) is 0 Å². The first kappa shape index (κ1) is 11.0. The molecular formula is C11H7BrF2N2. The minimum atomic E-state index is -0.639. The Morgan fingerprint density at radius 3 is 2.62 bits per heavy atom. The summed E-state index contributed by atoms with van der Waals surface area (Å²) in [6.07, 6.45) is 3.17. The minimum Gasteiger partial charge on any atom is -0.352 e. The normalized spacial score (nSPS) is 10.2. The van der Waals surface area contributed by atoms with Crippen LogP contribution in [-0.4, -0.2) is 4.98 Å². The molecule has 1 N–H and O–H groups in total. The van der Waals surface area contributed by atoms with Crippen molar-refractivity contribution in [1.82, 2.24) is 4.98 Å². The van der Waals surface area contributed by atoms with Crippen molar-refractivity contribution >= 4 is 27.3 Å². The molecule has 0 aliphatic rings. The Kier molecular flexibility index (Phi) is 3.14. The van der Waals surface area contributed by atoms with Crippen molar-refractivity contribution in [3.05, 3.63) is 52.8 Å². The number of aromatic nitrogens is 1. The molecule has 0 atom stereocenters. The fourth-order valence-corrected chi connectivity index (χ4v) is 1.59. The van der Waals surface area contributed by atoms with Crippen LogP contribution in [0.2, 0.25) is 0 Å². The summed E-state index contributed by atoms with van der Waals surface area (Å²) in [5, 5.41) is 2.81. The van der Waals surface area contributed by atoms with Gasteiger partial charge in [-0.25, -0.2) is 8.78 Å². The van der Waals surface area contributed by atoms with Gasteiger partial charge in [-0.3, -0.25) is 4.98 Å². The third-order valence-corrected chi connectivity index (χ3v) is 2.35. The minimum absolute atomic E-state index is 0.210. The van der Waals surface area contributed by atoms with Crippen molar-refractivity contribution in [1.29, 1.82) is 0 Å². The molecule has 0 aliphatic heterocycles. The zero-order valence-electron chi connectivity index (χ0n) is 8.05. The third kappa shape index (κ3) is 2.55. The monoisotopic (exact) mass is 284 g/mol. The molecule has 16 heavy (non-hydrogen) atoms. The van der Waals surface area contributed by atoms with E-state index in [0.717, 1.165) is 10.5 Å². The number of halogens is 3. The van der Waals surface area contributed by atoms with Gasteiger partial charge in [0.15, 0.2) is 0 Å². The van der Waals surface area contributed by atoms with Crippen LogP contribution in [-0.2, 0) is 0 Å². The van der Waals surface area contributed by atoms with Crippen molar-refractivity contribution < 1.29 is 8.78 Å². The average molecular weight is 285 g/mol. The summed E-state index contributed by atoms with van der Waals surface area (Å²) in [7, 11) is 0. The van der Waals surface area contributed by atoms with Gasteiger partial charge in [-0.1, -0.05) is 0 Å². The van der Waals surface area contributed by atoms with Crippen LogP contribution in [0.5, 0.6) is 0 Å². The molecule has 2 nitrogen and oxygen atoms in total. The number of hydrogen-bond acceptors (Lipinski definition) is 2. The molecule has 0 fully saturated rings. The Balaban J connectivity index is 2.27. The number of hydrogen-bond donors (Lipinski definition) is 1. The van der Waals surface area contributed by atoms with Crippen molar-refractivity contribution in [3.8, 4) is 0 Å². The van der Waals surface area contributed by atoms with Crippen molar-refractivity contribution in [3.63, 3.8) is 0 Å². The van der Waals surface area contributed by atoms with E-state index in [1.54, 1.807) is 18.5 Å². The lowest BCUT2D eigenvalue weighted by atomic mass is 10.3. The van der Waals surface area contributed by atoms with E-state index in [2.05, 4.69) is 26.2 Å². The molecule has 0 aliphatic carbocycles. The van der Waals surface area contributed by atoms with Gasteiger partial charge in [-0.2, -0.15) is 0 Å². The largest absolute Gasteiger partial charge is 0.352 e. The van der Waals surface area contributed by atoms with E-state index in [1.165, 1.54) is 12.1 Å². The first-order chi connectivity index (χ1) is 7.65. The first-order valence-electron chi connectivity index (χ1n) is 4.48. The maximum atomic E-state index is 13.3. The van der Waals surface area contributed by atoms with Crippen LogP contribution in [0.3, 0.4) is 0 Å². The van der Waals surface area contributed by atoms with Gasteiger partial charge < -0.3 is 5.32 Å². The summed E-state index contributed by atoms with van der Waals surface area (Å²) in [5.41, 5.74) is 0.834. The zero-order valence-corrected chi connectivity index (χ0v) is 9.63. The lowest BCUT2D eigenvalue weighted by Crippen LogP contribution is -1.94. The summed E-state index contributed by atoms with van der Waals surface area (Å²) < 4.78 is 26.7. The van der Waals surface area contributed by atoms with Crippen LogP contribution < -0.4 is 5.32 Å². The highest BCUT2D eigenvalue weighted by atomic mass is 79.9. The number of benzene rings is 1. The van der Waals surface area contributed by atoms with E-state index in [-0.39, 0.29) is 5.69 Å². The molecule has 1 heterocycles. The Bertz CT molecular complexity index is 517. The lowest BCUT2D eigenvalue weighted by molar-refractivity contribution is 0.586. The molecule has 82 valence electrons. The highest BCUT2D eigenvalue weighted by Gasteiger charge is 2.04. The second-order valence-corrected chi connectivity index (χ2v) is 4.06. The summed E-state index contributed by atoms with van der Waals surface area (Å²) in [6, 6.07) is 5.10. The van der Waals surface area contributed by atoms with Gasteiger partial charge in [0, 0.05) is 16.7 Å². The van der Waals surface area contributed by atoms with E-state index < -0.39 is 11.6 Å². The van der Waals surface area contributed by atoms with Gasteiger partial charge in [0.1, 0.15) is 11.6 Å². The molecule has 1 aromatic carbocycles. The van der Waals surface area contributed by atoms with E-state index in [1.807, 2.05) is 0 Å². The summed E-state index contributed by atoms with van der Waals surface area (Å²) in [4.78, 5) is 3.92. The molecule has 1 aromatic heterocycles. The Hall–Kier alpha value is -1.49. The molecular weight excluding hydrogens is 278 g/mol. The highest BCUT2D eigenvalue weighted by molar-refractivity contribution is 9.10. The molecule has 0 saturated carbocycles. The SMILES string of the molecule is Fc1ccc(Nc2cncc(Br)c2)c(F)c1. The van der Waals surface area contributed by atoms with Crippen molar-refractivity contribution in [2.75, 3.05) is 5.32 Å². The van der Waals surface area contributed by atoms with Crippen LogP contribution in [0.15, 0.2) is 41.1 Å². The standard InChI is InChI=1S/C11H7BrF2N2/c12-7-3-9(6-15-5-7)16-11-2-1-8(13)4-10(11)14/h1-6,16H. The van der Waals surface area contributed by atoms with Crippen LogP contribution in [0.4, 0.5) is 20.2 Å². The number of anilines is 2. The molecule has 0 amide bonds. The average Bonchev–Trinajstić information content (AvgIpc) is 2.22. The van der Waals surface area contributed by atoms with Crippen LogP contribution >= 0.6 is 15.9 Å². The van der Waals surface area contributed by atoms with Crippen LogP contribution in [0, 0.1) is 11.6 Å². The molecule has 0 saturated heterocycles. The fourth-order valence-electron chi connectivity index (χ4n) is 1.23. The van der Waals surface area contributed by atoms with Gasteiger partial charge >= 0.3 is 0 Å². The summed E-state index contributed by atoms with van der Waals surface area (Å²) >= 11 is 3.25. The number of nitrogens with zero attached hydrogens (tertiary/aromatic N) is 1. The molecule has 0 radical (unpaired) electrons. The highest BCUT2D eigenvalue weighted by Crippen LogP contribution is 2.21. The van der Waals surface area contributed by atoms with Crippen molar-refractivity contribution in [2.24, 2.45) is 0 Å². The first-order valence-corrected chi connectivity index (χ1v) is 5.27. The predicted octanol–water partition coefficient (Wildman–Crippen LogP) is 3.87. The van der Waals surface area contributed by atoms with Gasteiger partial charge in [-0.15, -0.1) is 0 Å². The van der Waals surface area contributed by atoms with E-state index >= 15 is 0 Å². The van der Waals surface area contributed by atoms with Crippen LogP contribution in [0.1, 0.15) is 0 Å². The molecule has 0 spiro atoms. The third-order valence-electron chi connectivity index (χ3n) is 1.92. The topological polar surface area (TPSA) is 24.9 Å². The van der Waals surface area contributed by atoms with Gasteiger partial charge in [0.25, 0.3) is 0 Å². The maximum Gasteiger partial charge on any atom is 0.149 e. The molecule has 5 heteroatoms. The van der Waals surface area contributed by atoms with Crippen molar-refractivity contribution in [2.45, 2.75) is 0 Å². The summed E-state index contributed by atoms with van der Waals surface area (Å²) in [5.74, 6) is -1.24. The Morgan fingerprint density at radius 2 is 1.94 bits per heavy atom. The second-order valence-electron chi connectivity index (χ2n) is 3.14. The molecule has 0 bridgehead atoms. The number of nitrogens with one attached hydrogen (secondary N) is 1. The Labute approximate surface area is 99.5 Å². The molecule has 0 unspecified atom stereocenters. The zero-order chi connectivity index (χ0) is 11.5. The van der Waals surface area contributed by atoms with E-state index in [0.29, 0.717) is 5.69 Å². The maximum absolute atomic E-state index is 13.3. The van der Waals surface area contributed by atoms with Crippen LogP contribution in [0.25, 0.3) is 0 Å². The molecule has 2 rings (SSSR count). The Morgan fingerprint density at radius 1 is 1.12 bits per heavy atom. The smallest absolute Gasteiger partial charge is 0.149 e. The molecule has 2 aromatic rings. The predicted molar refractivity (Wildman–Crippen MR) is 61.6 cm³/mol. The number of rotatable bonds is 2. The van der Waals surface area contributed by atoms with Gasteiger partial charge in [0.2, 0.25) is 0 Å². The summed E-state index contributed by atoms with van der Waals surface area (Å²) in [6.45, 7) is 0. The fraction of sp³-hybridized carbons (Fsp3) is 0. The van der Waals surface area contributed by atoms with Gasteiger partial charge in [0.05, 0.1) is 17.6 Å². The van der Waals surface area contributed by atoms with E-state index in [9.17, 15) is 8.78 Å². The number of pyridine rings is 1.